The molecule has 0 unspecified atom stereocenters. The number of rotatable bonds is 3. The average molecular weight is 340 g/mol. The molecule has 2 aromatic heterocycles. The van der Waals surface area contributed by atoms with Crippen LogP contribution in [0.15, 0.2) is 52.1 Å². The first kappa shape index (κ1) is 15.6. The minimum atomic E-state index is -0.617. The van der Waals surface area contributed by atoms with Gasteiger partial charge in [-0.15, -0.1) is 0 Å². The molecule has 8 heteroatoms. The van der Waals surface area contributed by atoms with Crippen molar-refractivity contribution in [2.45, 2.75) is 12.8 Å². The molecule has 1 aliphatic heterocycles. The van der Waals surface area contributed by atoms with E-state index in [1.807, 2.05) is 6.07 Å². The minimum Gasteiger partial charge on any atom is -0.384 e. The fourth-order valence-electron chi connectivity index (χ4n) is 2.88. The summed E-state index contributed by atoms with van der Waals surface area (Å²) in [5.74, 6) is 0.233. The lowest BCUT2D eigenvalue weighted by atomic mass is 10.2. The summed E-state index contributed by atoms with van der Waals surface area (Å²) in [4.78, 5) is 30.0. The number of para-hydroxylation sites is 1. The van der Waals surface area contributed by atoms with Crippen molar-refractivity contribution in [1.29, 1.82) is 0 Å². The molecule has 25 heavy (non-hydrogen) atoms. The molecule has 1 saturated heterocycles. The number of nitrogen functional groups attached to an aromatic ring is 1. The average Bonchev–Trinajstić information content (AvgIpc) is 3.13. The second-order valence-electron chi connectivity index (χ2n) is 5.65. The summed E-state index contributed by atoms with van der Waals surface area (Å²) in [7, 11) is 0. The zero-order valence-corrected chi connectivity index (χ0v) is 13.3. The number of hydrogen-bond acceptors (Lipinski definition) is 6. The van der Waals surface area contributed by atoms with Gasteiger partial charge in [-0.2, -0.15) is 0 Å². The molecule has 1 aliphatic rings. The maximum atomic E-state index is 13.0. The van der Waals surface area contributed by atoms with Crippen molar-refractivity contribution >= 4 is 16.9 Å². The third-order valence-corrected chi connectivity index (χ3v) is 4.04. The molecule has 3 aromatic rings. The van der Waals surface area contributed by atoms with Crippen LogP contribution < -0.4 is 17.0 Å². The van der Waals surface area contributed by atoms with Crippen LogP contribution in [-0.2, 0) is 16.0 Å². The molecule has 3 heterocycles. The highest BCUT2D eigenvalue weighted by atomic mass is 16.7. The molecule has 1 fully saturated rings. The van der Waals surface area contributed by atoms with Crippen LogP contribution in [0.5, 0.6) is 0 Å². The predicted molar refractivity (Wildman–Crippen MR) is 91.7 cm³/mol. The van der Waals surface area contributed by atoms with Gasteiger partial charge in [-0.1, -0.05) is 18.2 Å². The maximum absolute atomic E-state index is 13.0. The van der Waals surface area contributed by atoms with Gasteiger partial charge >= 0.3 is 5.69 Å². The summed E-state index contributed by atoms with van der Waals surface area (Å²) >= 11 is 0. The van der Waals surface area contributed by atoms with E-state index in [4.69, 9.17) is 15.2 Å². The van der Waals surface area contributed by atoms with Crippen LogP contribution in [0.2, 0.25) is 0 Å². The Morgan fingerprint density at radius 1 is 1.08 bits per heavy atom. The molecule has 8 nitrogen and oxygen atoms in total. The molecule has 0 saturated carbocycles. The monoisotopic (exact) mass is 340 g/mol. The van der Waals surface area contributed by atoms with Crippen LogP contribution in [-0.4, -0.2) is 33.6 Å². The summed E-state index contributed by atoms with van der Waals surface area (Å²) in [6, 6.07) is 12.1. The number of ether oxygens (including phenoxy) is 2. The zero-order valence-electron chi connectivity index (χ0n) is 13.3. The van der Waals surface area contributed by atoms with E-state index < -0.39 is 17.5 Å². The highest BCUT2D eigenvalue weighted by Gasteiger charge is 2.22. The van der Waals surface area contributed by atoms with E-state index in [1.54, 1.807) is 30.3 Å². The fourth-order valence-corrected chi connectivity index (χ4v) is 2.88. The lowest BCUT2D eigenvalue weighted by Crippen LogP contribution is -2.42. The normalized spacial score (nSPS) is 15.0. The van der Waals surface area contributed by atoms with E-state index in [9.17, 15) is 9.59 Å². The Labute approximate surface area is 142 Å². The lowest BCUT2D eigenvalue weighted by Gasteiger charge is -2.15. The van der Waals surface area contributed by atoms with Gasteiger partial charge in [0.1, 0.15) is 5.82 Å². The van der Waals surface area contributed by atoms with Crippen molar-refractivity contribution in [2.75, 3.05) is 18.9 Å². The van der Waals surface area contributed by atoms with Crippen LogP contribution in [0, 0.1) is 0 Å². The zero-order chi connectivity index (χ0) is 17.4. The smallest absolute Gasteiger partial charge is 0.337 e. The van der Waals surface area contributed by atoms with Gasteiger partial charge in [0.05, 0.1) is 30.8 Å². The Morgan fingerprint density at radius 2 is 1.80 bits per heavy atom. The Balaban J connectivity index is 2.02. The van der Waals surface area contributed by atoms with E-state index in [0.717, 1.165) is 4.57 Å². The van der Waals surface area contributed by atoms with Crippen LogP contribution in [0.4, 0.5) is 5.82 Å². The molecular formula is C17H16N4O4. The first-order valence-corrected chi connectivity index (χ1v) is 7.86. The van der Waals surface area contributed by atoms with Gasteiger partial charge in [0.25, 0.3) is 5.56 Å². The summed E-state index contributed by atoms with van der Waals surface area (Å²) < 4.78 is 13.2. The number of fused-ring (bicyclic) bond motifs is 1. The van der Waals surface area contributed by atoms with Gasteiger partial charge in [0.2, 0.25) is 0 Å². The molecule has 4 rings (SSSR count). The Kier molecular flexibility index (Phi) is 3.83. The molecule has 0 bridgehead atoms. The number of nitrogens with two attached hydrogens (primary N) is 1. The van der Waals surface area contributed by atoms with E-state index in [-0.39, 0.29) is 18.0 Å². The topological polar surface area (TPSA) is 101 Å². The van der Waals surface area contributed by atoms with Gasteiger partial charge in [0, 0.05) is 0 Å². The predicted octanol–water partition coefficient (Wildman–Crippen LogP) is 0.502. The third kappa shape index (κ3) is 2.71. The largest absolute Gasteiger partial charge is 0.384 e. The summed E-state index contributed by atoms with van der Waals surface area (Å²) in [6.07, 6.45) is -0.617. The molecule has 0 atom stereocenters. The van der Waals surface area contributed by atoms with Crippen LogP contribution in [0.25, 0.3) is 16.7 Å². The van der Waals surface area contributed by atoms with E-state index in [2.05, 4.69) is 4.98 Å². The highest BCUT2D eigenvalue weighted by Crippen LogP contribution is 2.14. The quantitative estimate of drug-likeness (QED) is 0.745. The third-order valence-electron chi connectivity index (χ3n) is 4.04. The first-order valence-electron chi connectivity index (χ1n) is 7.86. The number of anilines is 1. The van der Waals surface area contributed by atoms with Crippen LogP contribution in [0.3, 0.4) is 0 Å². The number of pyridine rings is 1. The molecule has 0 aliphatic carbocycles. The highest BCUT2D eigenvalue weighted by molar-refractivity contribution is 5.77. The van der Waals surface area contributed by atoms with E-state index in [1.165, 1.54) is 10.6 Å². The Bertz CT molecular complexity index is 1040. The van der Waals surface area contributed by atoms with Crippen molar-refractivity contribution in [2.24, 2.45) is 0 Å². The molecule has 128 valence electrons. The van der Waals surface area contributed by atoms with Gasteiger partial charge in [0.15, 0.2) is 11.9 Å². The van der Waals surface area contributed by atoms with Gasteiger partial charge < -0.3 is 15.2 Å². The van der Waals surface area contributed by atoms with Crippen molar-refractivity contribution in [3.05, 3.63) is 63.3 Å². The summed E-state index contributed by atoms with van der Waals surface area (Å²) in [6.45, 7) is 0.904. The van der Waals surface area contributed by atoms with E-state index >= 15 is 0 Å². The number of benzene rings is 1. The molecule has 0 spiro atoms. The number of aromatic nitrogens is 3. The molecule has 2 N–H and O–H groups in total. The summed E-state index contributed by atoms with van der Waals surface area (Å²) in [5.41, 5.74) is 5.63. The lowest BCUT2D eigenvalue weighted by molar-refractivity contribution is -0.0538. The van der Waals surface area contributed by atoms with Gasteiger partial charge in [-0.3, -0.25) is 9.36 Å². The van der Waals surface area contributed by atoms with Gasteiger partial charge in [-0.25, -0.2) is 14.3 Å². The van der Waals surface area contributed by atoms with Crippen LogP contribution >= 0.6 is 0 Å². The summed E-state index contributed by atoms with van der Waals surface area (Å²) in [5, 5.41) is 0.302. The number of hydrogen-bond donors (Lipinski definition) is 1. The Morgan fingerprint density at radius 3 is 2.52 bits per heavy atom. The molecule has 0 radical (unpaired) electrons. The molecular weight excluding hydrogens is 324 g/mol. The second kappa shape index (κ2) is 6.15. The Hall–Kier alpha value is -2.97. The maximum Gasteiger partial charge on any atom is 0.337 e. The number of nitrogens with zero attached hydrogens (tertiary/aromatic N) is 3. The minimum absolute atomic E-state index is 0.0187. The van der Waals surface area contributed by atoms with E-state index in [0.29, 0.717) is 24.3 Å². The van der Waals surface area contributed by atoms with Crippen molar-refractivity contribution in [1.82, 2.24) is 14.1 Å². The van der Waals surface area contributed by atoms with Crippen molar-refractivity contribution in [3.8, 4) is 5.69 Å². The van der Waals surface area contributed by atoms with Crippen molar-refractivity contribution < 1.29 is 9.47 Å². The molecule has 0 amide bonds. The first-order chi connectivity index (χ1) is 12.1. The fraction of sp³-hybridized carbons (Fsp3) is 0.235. The standard InChI is InChI=1S/C17H16N4O4/c18-13-7-6-12-15(19-13)21(11-4-2-1-3-5-11)17(23)20(16(12)22)10-14-24-8-9-25-14/h1-7,14H,8-10H2,(H2,18,19). The van der Waals surface area contributed by atoms with Crippen LogP contribution in [0.1, 0.15) is 0 Å². The van der Waals surface area contributed by atoms with Gasteiger partial charge in [-0.05, 0) is 24.3 Å². The van der Waals surface area contributed by atoms with Crippen molar-refractivity contribution in [3.63, 3.8) is 0 Å². The SMILES string of the molecule is Nc1ccc2c(=O)n(CC3OCCO3)c(=O)n(-c3ccccc3)c2n1. The molecule has 1 aromatic carbocycles. The second-order valence-corrected chi connectivity index (χ2v) is 5.65.